The van der Waals surface area contributed by atoms with Gasteiger partial charge in [-0.3, -0.25) is 0 Å². The molecule has 0 N–H and O–H groups in total. The first-order chi connectivity index (χ1) is 6.35. The van der Waals surface area contributed by atoms with Crippen LogP contribution in [0.15, 0.2) is 22.7 Å². The summed E-state index contributed by atoms with van der Waals surface area (Å²) in [5.74, 6) is -2.59. The summed E-state index contributed by atoms with van der Waals surface area (Å²) in [5.41, 5.74) is -0.428. The molecule has 0 spiro atoms. The fourth-order valence-corrected chi connectivity index (χ4v) is 2.45. The third-order valence-electron chi connectivity index (χ3n) is 2.76. The fourth-order valence-electron chi connectivity index (χ4n) is 1.59. The summed E-state index contributed by atoms with van der Waals surface area (Å²) in [7, 11) is 0. The van der Waals surface area contributed by atoms with Crippen LogP contribution in [0, 0.1) is 0 Å². The van der Waals surface area contributed by atoms with Gasteiger partial charge in [-0.25, -0.2) is 8.78 Å². The first-order valence-corrected chi connectivity index (χ1v) is 5.37. The largest absolute Gasteiger partial charge is 0.258 e. The molecule has 1 aromatic rings. The molecule has 14 heavy (non-hydrogen) atoms. The summed E-state index contributed by atoms with van der Waals surface area (Å²) in [6.07, 6.45) is -0.0905. The highest BCUT2D eigenvalue weighted by atomic mass is 79.9. The van der Waals surface area contributed by atoms with Gasteiger partial charge in [0, 0.05) is 15.9 Å². The molecule has 1 aliphatic carbocycles. The van der Waals surface area contributed by atoms with Crippen LogP contribution in [0.3, 0.4) is 0 Å². The number of alkyl halides is 2. The van der Waals surface area contributed by atoms with E-state index in [1.54, 1.807) is 25.1 Å². The number of benzene rings is 1. The van der Waals surface area contributed by atoms with Gasteiger partial charge in [-0.1, -0.05) is 27.5 Å². The molecule has 0 amide bonds. The van der Waals surface area contributed by atoms with Crippen LogP contribution in [0.2, 0.25) is 5.02 Å². The smallest absolute Gasteiger partial charge is 0.206 e. The van der Waals surface area contributed by atoms with Crippen LogP contribution in [0.5, 0.6) is 0 Å². The van der Waals surface area contributed by atoms with Crippen molar-refractivity contribution in [2.75, 3.05) is 0 Å². The highest BCUT2D eigenvalue weighted by Crippen LogP contribution is 2.61. The second kappa shape index (κ2) is 2.92. The Hall–Kier alpha value is -0.150. The van der Waals surface area contributed by atoms with Crippen molar-refractivity contribution in [3.05, 3.63) is 33.3 Å². The lowest BCUT2D eigenvalue weighted by molar-refractivity contribution is 0.0920. The summed E-state index contributed by atoms with van der Waals surface area (Å²) < 4.78 is 26.9. The van der Waals surface area contributed by atoms with E-state index >= 15 is 0 Å². The SMILES string of the molecule is CC1(c2cc(Cl)cc(Br)c2)CC1(F)F. The normalized spacial score (nSPS) is 28.9. The van der Waals surface area contributed by atoms with Gasteiger partial charge in [0.05, 0.1) is 5.41 Å². The van der Waals surface area contributed by atoms with Crippen LogP contribution < -0.4 is 0 Å². The first kappa shape index (κ1) is 10.4. The minimum Gasteiger partial charge on any atom is -0.206 e. The van der Waals surface area contributed by atoms with Gasteiger partial charge in [0.2, 0.25) is 0 Å². The van der Waals surface area contributed by atoms with Crippen LogP contribution in [-0.2, 0) is 5.41 Å². The molecule has 0 nitrogen and oxygen atoms in total. The molecule has 0 heterocycles. The molecule has 0 aromatic heterocycles. The van der Waals surface area contributed by atoms with E-state index in [-0.39, 0.29) is 6.42 Å². The Labute approximate surface area is 94.4 Å². The predicted molar refractivity (Wildman–Crippen MR) is 56.1 cm³/mol. The number of rotatable bonds is 1. The second-order valence-electron chi connectivity index (χ2n) is 3.87. The third kappa shape index (κ3) is 1.47. The Bertz CT molecular complexity index is 371. The summed E-state index contributed by atoms with van der Waals surface area (Å²) in [4.78, 5) is 0. The average Bonchev–Trinajstić information content (AvgIpc) is 2.50. The van der Waals surface area contributed by atoms with E-state index in [1.165, 1.54) is 0 Å². The van der Waals surface area contributed by atoms with Crippen molar-refractivity contribution < 1.29 is 8.78 Å². The zero-order chi connectivity index (χ0) is 10.6. The highest BCUT2D eigenvalue weighted by molar-refractivity contribution is 9.10. The highest BCUT2D eigenvalue weighted by Gasteiger charge is 2.68. The maximum atomic E-state index is 13.1. The third-order valence-corrected chi connectivity index (χ3v) is 3.43. The Morgan fingerprint density at radius 1 is 1.36 bits per heavy atom. The number of hydrogen-bond donors (Lipinski definition) is 0. The molecule has 1 aliphatic rings. The van der Waals surface area contributed by atoms with Crippen molar-refractivity contribution in [3.8, 4) is 0 Å². The predicted octanol–water partition coefficient (Wildman–Crippen LogP) is 4.40. The van der Waals surface area contributed by atoms with Gasteiger partial charge in [0.1, 0.15) is 0 Å². The first-order valence-electron chi connectivity index (χ1n) is 4.20. The van der Waals surface area contributed by atoms with Crippen LogP contribution >= 0.6 is 27.5 Å². The van der Waals surface area contributed by atoms with Crippen LogP contribution in [0.1, 0.15) is 18.9 Å². The van der Waals surface area contributed by atoms with Gasteiger partial charge >= 0.3 is 0 Å². The van der Waals surface area contributed by atoms with Crippen molar-refractivity contribution in [2.45, 2.75) is 24.7 Å². The van der Waals surface area contributed by atoms with Gasteiger partial charge in [0.25, 0.3) is 5.92 Å². The molecule has 0 radical (unpaired) electrons. The van der Waals surface area contributed by atoms with E-state index in [1.807, 2.05) is 0 Å². The van der Waals surface area contributed by atoms with Gasteiger partial charge in [-0.15, -0.1) is 0 Å². The minimum absolute atomic E-state index is 0.0905. The molecule has 1 fully saturated rings. The Morgan fingerprint density at radius 3 is 2.36 bits per heavy atom. The number of hydrogen-bond acceptors (Lipinski definition) is 0. The van der Waals surface area contributed by atoms with Crippen molar-refractivity contribution in [3.63, 3.8) is 0 Å². The average molecular weight is 282 g/mol. The quantitative estimate of drug-likeness (QED) is 0.716. The van der Waals surface area contributed by atoms with Crippen molar-refractivity contribution in [1.82, 2.24) is 0 Å². The molecular weight excluding hydrogens is 273 g/mol. The Kier molecular flexibility index (Phi) is 2.16. The van der Waals surface area contributed by atoms with Gasteiger partial charge in [-0.05, 0) is 30.7 Å². The summed E-state index contributed by atoms with van der Waals surface area (Å²) in [6, 6.07) is 4.99. The molecular formula is C10H8BrClF2. The van der Waals surface area contributed by atoms with Crippen molar-refractivity contribution in [2.24, 2.45) is 0 Å². The van der Waals surface area contributed by atoms with Crippen LogP contribution in [0.25, 0.3) is 0 Å². The minimum atomic E-state index is -2.59. The van der Waals surface area contributed by atoms with E-state index in [0.717, 1.165) is 4.47 Å². The summed E-state index contributed by atoms with van der Waals surface area (Å²) >= 11 is 9.04. The molecule has 0 bridgehead atoms. The zero-order valence-electron chi connectivity index (χ0n) is 7.45. The topological polar surface area (TPSA) is 0 Å². The lowest BCUT2D eigenvalue weighted by Crippen LogP contribution is -2.11. The lowest BCUT2D eigenvalue weighted by atomic mass is 9.98. The molecule has 4 heteroatoms. The van der Waals surface area contributed by atoms with E-state index < -0.39 is 11.3 Å². The Balaban J connectivity index is 2.44. The van der Waals surface area contributed by atoms with Gasteiger partial charge in [0.15, 0.2) is 0 Å². The van der Waals surface area contributed by atoms with E-state index in [0.29, 0.717) is 10.6 Å². The van der Waals surface area contributed by atoms with Crippen molar-refractivity contribution in [1.29, 1.82) is 0 Å². The molecule has 2 rings (SSSR count). The van der Waals surface area contributed by atoms with Gasteiger partial charge < -0.3 is 0 Å². The van der Waals surface area contributed by atoms with E-state index in [2.05, 4.69) is 15.9 Å². The zero-order valence-corrected chi connectivity index (χ0v) is 9.79. The standard InChI is InChI=1S/C10H8BrClF2/c1-9(5-10(9,13)14)6-2-7(11)4-8(12)3-6/h2-4H,5H2,1H3. The molecule has 1 unspecified atom stereocenters. The second-order valence-corrected chi connectivity index (χ2v) is 5.22. The maximum absolute atomic E-state index is 13.1. The van der Waals surface area contributed by atoms with E-state index in [9.17, 15) is 8.78 Å². The molecule has 1 saturated carbocycles. The lowest BCUT2D eigenvalue weighted by Gasteiger charge is -2.11. The molecule has 76 valence electrons. The summed E-state index contributed by atoms with van der Waals surface area (Å²) in [5, 5.41) is 0.485. The fraction of sp³-hybridized carbons (Fsp3) is 0.400. The van der Waals surface area contributed by atoms with Crippen LogP contribution in [0.4, 0.5) is 8.78 Å². The molecule has 0 aliphatic heterocycles. The molecule has 1 atom stereocenters. The van der Waals surface area contributed by atoms with Crippen LogP contribution in [-0.4, -0.2) is 5.92 Å². The number of halogens is 4. The molecule has 1 aromatic carbocycles. The van der Waals surface area contributed by atoms with Crippen molar-refractivity contribution >= 4 is 27.5 Å². The Morgan fingerprint density at radius 2 is 1.93 bits per heavy atom. The maximum Gasteiger partial charge on any atom is 0.258 e. The summed E-state index contributed by atoms with van der Waals surface area (Å²) in [6.45, 7) is 1.56. The van der Waals surface area contributed by atoms with Gasteiger partial charge in [-0.2, -0.15) is 0 Å². The van der Waals surface area contributed by atoms with E-state index in [4.69, 9.17) is 11.6 Å². The molecule has 0 saturated heterocycles. The monoisotopic (exact) mass is 280 g/mol.